The molecule has 2 fully saturated rings. The van der Waals surface area contributed by atoms with E-state index in [2.05, 4.69) is 4.90 Å². The van der Waals surface area contributed by atoms with Crippen molar-refractivity contribution in [1.29, 1.82) is 0 Å². The number of anilines is 3. The Kier molecular flexibility index (Phi) is 5.89. The number of hydrogen-bond donors (Lipinski definition) is 2. The van der Waals surface area contributed by atoms with Crippen LogP contribution in [0.15, 0.2) is 48.5 Å². The van der Waals surface area contributed by atoms with Crippen molar-refractivity contribution in [3.05, 3.63) is 54.1 Å². The van der Waals surface area contributed by atoms with Crippen LogP contribution >= 0.6 is 0 Å². The van der Waals surface area contributed by atoms with Crippen LogP contribution in [0.2, 0.25) is 0 Å². The summed E-state index contributed by atoms with van der Waals surface area (Å²) in [5, 5.41) is 0. The van der Waals surface area contributed by atoms with Crippen molar-refractivity contribution in [3.63, 3.8) is 0 Å². The predicted octanol–water partition coefficient (Wildman–Crippen LogP) is 1.40. The minimum Gasteiger partial charge on any atom is -0.378 e. The van der Waals surface area contributed by atoms with Gasteiger partial charge >= 0.3 is 10.1 Å². The Bertz CT molecular complexity index is 1050. The lowest BCUT2D eigenvalue weighted by Crippen LogP contribution is -2.46. The maximum atomic E-state index is 13.1. The molecular weight excluding hydrogens is 420 g/mol. The Morgan fingerprint density at radius 3 is 2.32 bits per heavy atom. The molecule has 4 rings (SSSR count). The Balaban J connectivity index is 1.71. The molecule has 2 unspecified atom stereocenters. The average molecular weight is 447 g/mol. The van der Waals surface area contributed by atoms with Crippen LogP contribution in [0.25, 0.3) is 0 Å². The van der Waals surface area contributed by atoms with Gasteiger partial charge in [-0.25, -0.2) is 0 Å². The van der Waals surface area contributed by atoms with Crippen LogP contribution in [0.4, 0.5) is 17.1 Å². The van der Waals surface area contributed by atoms with E-state index in [1.807, 2.05) is 12.1 Å². The van der Waals surface area contributed by atoms with Crippen molar-refractivity contribution in [2.45, 2.75) is 25.0 Å². The third kappa shape index (κ3) is 4.11. The summed E-state index contributed by atoms with van der Waals surface area (Å²) in [4.78, 5) is 17.8. The number of ether oxygens (including phenoxy) is 1. The third-order valence-electron chi connectivity index (χ3n) is 5.69. The molecule has 10 heteroatoms. The number of hydrogen-bond acceptors (Lipinski definition) is 7. The van der Waals surface area contributed by atoms with Crippen LogP contribution in [0, 0.1) is 0 Å². The first kappa shape index (κ1) is 21.6. The molecule has 0 radical (unpaired) electrons. The van der Waals surface area contributed by atoms with Crippen molar-refractivity contribution in [1.82, 2.24) is 0 Å². The largest absolute Gasteiger partial charge is 0.378 e. The summed E-state index contributed by atoms with van der Waals surface area (Å²) in [6, 6.07) is 13.3. The summed E-state index contributed by atoms with van der Waals surface area (Å²) in [6.45, 7) is 4.73. The van der Waals surface area contributed by atoms with Crippen LogP contribution in [0.1, 0.15) is 12.5 Å². The molecule has 0 bridgehead atoms. The molecule has 3 N–H and O–H groups in total. The molecule has 0 aliphatic carbocycles. The highest BCUT2D eigenvalue weighted by atomic mass is 32.2. The number of amides is 1. The monoisotopic (exact) mass is 446 g/mol. The van der Waals surface area contributed by atoms with Gasteiger partial charge in [-0.05, 0) is 48.9 Å². The second-order valence-corrected chi connectivity index (χ2v) is 9.07. The number of benzene rings is 2. The Labute approximate surface area is 181 Å². The molecule has 2 heterocycles. The average Bonchev–Trinajstić information content (AvgIpc) is 3.05. The molecule has 2 aromatic carbocycles. The fourth-order valence-electron chi connectivity index (χ4n) is 4.12. The minimum absolute atomic E-state index is 0.245. The standard InChI is InChI=1S/C21H26N4O5S/c1-15-20(26)25(19-4-2-3-16(13-19)14-22)21(31(27,28)29)24(15)18-7-5-17(6-8-18)23-9-11-30-12-10-23/h2-8,13,15,21H,9-12,14,22H2,1H3,(H,27,28,29). The predicted molar refractivity (Wildman–Crippen MR) is 119 cm³/mol. The number of nitrogens with two attached hydrogens (primary N) is 1. The van der Waals surface area contributed by atoms with E-state index in [1.54, 1.807) is 43.3 Å². The summed E-state index contributed by atoms with van der Waals surface area (Å²) >= 11 is 0. The van der Waals surface area contributed by atoms with Gasteiger partial charge in [0.1, 0.15) is 6.04 Å². The summed E-state index contributed by atoms with van der Waals surface area (Å²) in [5.74, 6) is -0.422. The lowest BCUT2D eigenvalue weighted by Gasteiger charge is -2.31. The van der Waals surface area contributed by atoms with Crippen molar-refractivity contribution < 1.29 is 22.5 Å². The zero-order valence-electron chi connectivity index (χ0n) is 17.2. The van der Waals surface area contributed by atoms with Gasteiger partial charge in [0.25, 0.3) is 5.91 Å². The summed E-state index contributed by atoms with van der Waals surface area (Å²) in [7, 11) is -4.64. The highest BCUT2D eigenvalue weighted by Gasteiger charge is 2.51. The number of nitrogens with zero attached hydrogens (tertiary/aromatic N) is 3. The van der Waals surface area contributed by atoms with E-state index < -0.39 is 27.6 Å². The lowest BCUT2D eigenvalue weighted by atomic mass is 10.2. The molecule has 166 valence electrons. The van der Waals surface area contributed by atoms with Crippen molar-refractivity contribution in [3.8, 4) is 0 Å². The van der Waals surface area contributed by atoms with Gasteiger partial charge in [0.2, 0.25) is 5.50 Å². The Morgan fingerprint density at radius 2 is 1.71 bits per heavy atom. The second kappa shape index (κ2) is 8.46. The summed E-state index contributed by atoms with van der Waals surface area (Å²) in [5.41, 5.74) is 6.76. The first-order chi connectivity index (χ1) is 14.8. The maximum absolute atomic E-state index is 13.1. The van der Waals surface area contributed by atoms with Gasteiger partial charge in [-0.1, -0.05) is 12.1 Å². The molecular formula is C21H26N4O5S. The van der Waals surface area contributed by atoms with Crippen LogP contribution in [0.5, 0.6) is 0 Å². The van der Waals surface area contributed by atoms with Gasteiger partial charge in [0.15, 0.2) is 0 Å². The summed E-state index contributed by atoms with van der Waals surface area (Å²) in [6.07, 6.45) is 0. The molecule has 0 aromatic heterocycles. The molecule has 9 nitrogen and oxygen atoms in total. The number of rotatable bonds is 5. The van der Waals surface area contributed by atoms with E-state index in [0.29, 0.717) is 24.6 Å². The van der Waals surface area contributed by atoms with Crippen LogP contribution < -0.4 is 20.4 Å². The minimum atomic E-state index is -4.64. The first-order valence-corrected chi connectivity index (χ1v) is 11.6. The van der Waals surface area contributed by atoms with Crippen LogP contribution in [-0.4, -0.2) is 56.7 Å². The van der Waals surface area contributed by atoms with E-state index in [0.717, 1.165) is 29.2 Å². The topological polar surface area (TPSA) is 116 Å². The lowest BCUT2D eigenvalue weighted by molar-refractivity contribution is -0.117. The highest BCUT2D eigenvalue weighted by Crippen LogP contribution is 2.36. The Morgan fingerprint density at radius 1 is 1.06 bits per heavy atom. The first-order valence-electron chi connectivity index (χ1n) is 10.1. The van der Waals surface area contributed by atoms with E-state index >= 15 is 0 Å². The van der Waals surface area contributed by atoms with Crippen molar-refractivity contribution in [2.24, 2.45) is 5.73 Å². The molecule has 2 aliphatic heterocycles. The fourth-order valence-corrected chi connectivity index (χ4v) is 5.20. The van der Waals surface area contributed by atoms with Gasteiger partial charge in [-0.15, -0.1) is 0 Å². The number of morpholine rings is 1. The molecule has 2 aromatic rings. The quantitative estimate of drug-likeness (QED) is 0.662. The Hall–Kier alpha value is -2.66. The molecule has 2 aliphatic rings. The van der Waals surface area contributed by atoms with Gasteiger partial charge in [0.05, 0.1) is 13.2 Å². The molecule has 0 saturated carbocycles. The molecule has 31 heavy (non-hydrogen) atoms. The smallest absolute Gasteiger partial charge is 0.306 e. The van der Waals surface area contributed by atoms with Crippen LogP contribution in [0.3, 0.4) is 0 Å². The molecule has 0 spiro atoms. The van der Waals surface area contributed by atoms with Crippen molar-refractivity contribution >= 4 is 33.1 Å². The van der Waals surface area contributed by atoms with Crippen molar-refractivity contribution in [2.75, 3.05) is 41.0 Å². The van der Waals surface area contributed by atoms with Gasteiger partial charge in [0, 0.05) is 36.7 Å². The fraction of sp³-hybridized carbons (Fsp3) is 0.381. The number of carbonyl (C=O) groups excluding carboxylic acids is 1. The SMILES string of the molecule is CC1C(=O)N(c2cccc(CN)c2)C(S(=O)(=O)O)N1c1ccc(N2CCOCC2)cc1. The van der Waals surface area contributed by atoms with Crippen LogP contribution in [-0.2, 0) is 26.2 Å². The van der Waals surface area contributed by atoms with E-state index in [-0.39, 0.29) is 6.54 Å². The van der Waals surface area contributed by atoms with Gasteiger partial charge in [-0.2, -0.15) is 8.42 Å². The molecule has 2 atom stereocenters. The van der Waals surface area contributed by atoms with E-state index in [4.69, 9.17) is 10.5 Å². The summed E-state index contributed by atoms with van der Waals surface area (Å²) < 4.78 is 40.3. The zero-order chi connectivity index (χ0) is 22.2. The second-order valence-electron chi connectivity index (χ2n) is 7.62. The molecule has 1 amide bonds. The molecule has 2 saturated heterocycles. The normalized spacial score (nSPS) is 22.3. The maximum Gasteiger partial charge on any atom is 0.306 e. The highest BCUT2D eigenvalue weighted by molar-refractivity contribution is 7.86. The van der Waals surface area contributed by atoms with Gasteiger partial charge in [-0.3, -0.25) is 14.2 Å². The van der Waals surface area contributed by atoms with E-state index in [9.17, 15) is 17.8 Å². The van der Waals surface area contributed by atoms with Gasteiger partial charge < -0.3 is 20.3 Å². The van der Waals surface area contributed by atoms with E-state index in [1.165, 1.54) is 4.90 Å². The third-order valence-corrected chi connectivity index (χ3v) is 6.66. The number of carbonyl (C=O) groups is 1. The zero-order valence-corrected chi connectivity index (χ0v) is 18.0.